The van der Waals surface area contributed by atoms with Crippen molar-refractivity contribution in [2.24, 2.45) is 5.73 Å². The molecule has 1 rings (SSSR count). The van der Waals surface area contributed by atoms with Gasteiger partial charge in [0.1, 0.15) is 5.76 Å². The highest BCUT2D eigenvalue weighted by Gasteiger charge is 2.31. The molecule has 0 aromatic carbocycles. The lowest BCUT2D eigenvalue weighted by Gasteiger charge is -2.10. The van der Waals surface area contributed by atoms with Gasteiger partial charge in [0.05, 0.1) is 18.7 Å². The van der Waals surface area contributed by atoms with Gasteiger partial charge < -0.3 is 10.2 Å². The summed E-state index contributed by atoms with van der Waals surface area (Å²) in [7, 11) is 0. The summed E-state index contributed by atoms with van der Waals surface area (Å²) in [6.07, 6.45) is -4.00. The zero-order valence-corrected chi connectivity index (χ0v) is 6.14. The molecule has 0 aliphatic rings. The second-order valence-electron chi connectivity index (χ2n) is 2.44. The van der Waals surface area contributed by atoms with E-state index in [4.69, 9.17) is 10.2 Å². The van der Waals surface area contributed by atoms with E-state index >= 15 is 0 Å². The minimum atomic E-state index is -4.24. The largest absolute Gasteiger partial charge is 0.468 e. The Labute approximate surface area is 67.2 Å². The van der Waals surface area contributed by atoms with Crippen molar-refractivity contribution in [3.05, 3.63) is 24.2 Å². The average molecular weight is 179 g/mol. The molecule has 5 heteroatoms. The summed E-state index contributed by atoms with van der Waals surface area (Å²) in [6.45, 7) is 0. The first kappa shape index (κ1) is 9.12. The molecule has 1 aromatic heterocycles. The minimum Gasteiger partial charge on any atom is -0.468 e. The van der Waals surface area contributed by atoms with Gasteiger partial charge in [-0.2, -0.15) is 13.2 Å². The zero-order chi connectivity index (χ0) is 9.19. The third-order valence-corrected chi connectivity index (χ3v) is 1.36. The first-order chi connectivity index (χ1) is 5.49. The number of hydrogen-bond donors (Lipinski definition) is 1. The van der Waals surface area contributed by atoms with E-state index in [9.17, 15) is 13.2 Å². The fraction of sp³-hybridized carbons (Fsp3) is 0.429. The lowest BCUT2D eigenvalue weighted by molar-refractivity contribution is -0.139. The van der Waals surface area contributed by atoms with Crippen LogP contribution in [-0.4, -0.2) is 6.18 Å². The van der Waals surface area contributed by atoms with E-state index in [0.717, 1.165) is 0 Å². The molecule has 0 spiro atoms. The van der Waals surface area contributed by atoms with Crippen molar-refractivity contribution in [1.82, 2.24) is 0 Å². The van der Waals surface area contributed by atoms with Gasteiger partial charge in [0.25, 0.3) is 0 Å². The van der Waals surface area contributed by atoms with Crippen molar-refractivity contribution in [2.75, 3.05) is 0 Å². The predicted octanol–water partition coefficient (Wildman–Crippen LogP) is 2.23. The lowest BCUT2D eigenvalue weighted by atomic mass is 10.2. The Balaban J connectivity index is 2.56. The van der Waals surface area contributed by atoms with E-state index in [1.54, 1.807) is 0 Å². The van der Waals surface area contributed by atoms with Crippen LogP contribution in [0.15, 0.2) is 22.8 Å². The molecule has 0 bridgehead atoms. The maximum atomic E-state index is 11.8. The van der Waals surface area contributed by atoms with Gasteiger partial charge in [0, 0.05) is 0 Å². The number of nitrogens with two attached hydrogens (primary N) is 1. The molecule has 0 fully saturated rings. The third-order valence-electron chi connectivity index (χ3n) is 1.36. The summed E-state index contributed by atoms with van der Waals surface area (Å²) in [4.78, 5) is 0. The Morgan fingerprint density at radius 1 is 1.50 bits per heavy atom. The van der Waals surface area contributed by atoms with E-state index in [1.165, 1.54) is 18.4 Å². The molecular weight excluding hydrogens is 171 g/mol. The van der Waals surface area contributed by atoms with Crippen LogP contribution in [0.4, 0.5) is 13.2 Å². The second-order valence-corrected chi connectivity index (χ2v) is 2.44. The van der Waals surface area contributed by atoms with Gasteiger partial charge in [-0.15, -0.1) is 0 Å². The molecule has 68 valence electrons. The number of rotatable bonds is 2. The maximum absolute atomic E-state index is 11.8. The molecule has 0 saturated carbocycles. The van der Waals surface area contributed by atoms with Crippen LogP contribution in [0.2, 0.25) is 0 Å². The maximum Gasteiger partial charge on any atom is 0.391 e. The molecule has 1 aromatic rings. The van der Waals surface area contributed by atoms with Crippen molar-refractivity contribution in [1.29, 1.82) is 0 Å². The van der Waals surface area contributed by atoms with Gasteiger partial charge in [0.2, 0.25) is 0 Å². The van der Waals surface area contributed by atoms with Gasteiger partial charge in [-0.3, -0.25) is 0 Å². The van der Waals surface area contributed by atoms with Crippen LogP contribution in [-0.2, 0) is 0 Å². The average Bonchev–Trinajstić information content (AvgIpc) is 2.32. The molecular formula is C7H8F3NO. The van der Waals surface area contributed by atoms with Gasteiger partial charge >= 0.3 is 6.18 Å². The SMILES string of the molecule is N[C@@H](CC(F)(F)F)c1ccco1. The van der Waals surface area contributed by atoms with Gasteiger partial charge in [-0.25, -0.2) is 0 Å². The topological polar surface area (TPSA) is 39.2 Å². The predicted molar refractivity (Wildman–Crippen MR) is 36.3 cm³/mol. The van der Waals surface area contributed by atoms with Crippen molar-refractivity contribution in [3.8, 4) is 0 Å². The summed E-state index contributed by atoms with van der Waals surface area (Å²) in [5.41, 5.74) is 5.21. The van der Waals surface area contributed by atoms with E-state index in [2.05, 4.69) is 0 Å². The van der Waals surface area contributed by atoms with Crippen LogP contribution < -0.4 is 5.73 Å². The monoisotopic (exact) mass is 179 g/mol. The fourth-order valence-electron chi connectivity index (χ4n) is 0.852. The zero-order valence-electron chi connectivity index (χ0n) is 6.14. The summed E-state index contributed by atoms with van der Waals surface area (Å²) in [5.74, 6) is 0.160. The Bertz CT molecular complexity index is 229. The number of hydrogen-bond acceptors (Lipinski definition) is 2. The second kappa shape index (κ2) is 3.18. The highest BCUT2D eigenvalue weighted by Crippen LogP contribution is 2.27. The quantitative estimate of drug-likeness (QED) is 0.756. The van der Waals surface area contributed by atoms with Crippen LogP contribution in [0.5, 0.6) is 0 Å². The number of alkyl halides is 3. The minimum absolute atomic E-state index is 0.160. The molecule has 1 atom stereocenters. The van der Waals surface area contributed by atoms with Crippen molar-refractivity contribution >= 4 is 0 Å². The van der Waals surface area contributed by atoms with Crippen LogP contribution in [0.3, 0.4) is 0 Å². The molecule has 0 aliphatic carbocycles. The Morgan fingerprint density at radius 3 is 2.58 bits per heavy atom. The first-order valence-corrected chi connectivity index (χ1v) is 3.35. The van der Waals surface area contributed by atoms with Gasteiger partial charge in [0.15, 0.2) is 0 Å². The van der Waals surface area contributed by atoms with E-state index < -0.39 is 18.6 Å². The highest BCUT2D eigenvalue weighted by atomic mass is 19.4. The Hall–Kier alpha value is -0.970. The van der Waals surface area contributed by atoms with Crippen LogP contribution >= 0.6 is 0 Å². The van der Waals surface area contributed by atoms with Crippen molar-refractivity contribution in [2.45, 2.75) is 18.6 Å². The summed E-state index contributed by atoms with van der Waals surface area (Å²) in [5, 5.41) is 0. The molecule has 2 nitrogen and oxygen atoms in total. The van der Waals surface area contributed by atoms with Crippen molar-refractivity contribution in [3.63, 3.8) is 0 Å². The van der Waals surface area contributed by atoms with Crippen molar-refractivity contribution < 1.29 is 17.6 Å². The molecule has 0 amide bonds. The number of halogens is 3. The Morgan fingerprint density at radius 2 is 2.17 bits per heavy atom. The Kier molecular flexibility index (Phi) is 2.42. The molecule has 0 aliphatic heterocycles. The molecule has 2 N–H and O–H groups in total. The summed E-state index contributed by atoms with van der Waals surface area (Å²) < 4.78 is 40.0. The van der Waals surface area contributed by atoms with Crippen LogP contribution in [0.25, 0.3) is 0 Å². The number of furan rings is 1. The standard InChI is InChI=1S/C7H8F3NO/c8-7(9,10)4-5(11)6-2-1-3-12-6/h1-3,5H,4,11H2/t5-/m0/s1. The fourth-order valence-corrected chi connectivity index (χ4v) is 0.852. The first-order valence-electron chi connectivity index (χ1n) is 3.35. The normalized spacial score (nSPS) is 14.7. The summed E-state index contributed by atoms with van der Waals surface area (Å²) >= 11 is 0. The van der Waals surface area contributed by atoms with E-state index in [0.29, 0.717) is 0 Å². The van der Waals surface area contributed by atoms with Gasteiger partial charge in [-0.1, -0.05) is 0 Å². The third kappa shape index (κ3) is 2.58. The highest BCUT2D eigenvalue weighted by molar-refractivity contribution is 5.03. The smallest absolute Gasteiger partial charge is 0.391 e. The van der Waals surface area contributed by atoms with Gasteiger partial charge in [-0.05, 0) is 12.1 Å². The van der Waals surface area contributed by atoms with E-state index in [1.807, 2.05) is 0 Å². The summed E-state index contributed by atoms with van der Waals surface area (Å²) in [6, 6.07) is 1.84. The molecule has 12 heavy (non-hydrogen) atoms. The lowest BCUT2D eigenvalue weighted by Crippen LogP contribution is -2.19. The van der Waals surface area contributed by atoms with Crippen LogP contribution in [0, 0.1) is 0 Å². The molecule has 0 saturated heterocycles. The molecule has 1 heterocycles. The van der Waals surface area contributed by atoms with Crippen LogP contribution in [0.1, 0.15) is 18.2 Å². The molecule has 0 unspecified atom stereocenters. The molecule has 0 radical (unpaired) electrons. The van der Waals surface area contributed by atoms with E-state index in [-0.39, 0.29) is 5.76 Å².